The van der Waals surface area contributed by atoms with Crippen LogP contribution in [-0.2, 0) is 19.9 Å². The van der Waals surface area contributed by atoms with Crippen molar-refractivity contribution in [3.8, 4) is 0 Å². The van der Waals surface area contributed by atoms with Crippen LogP contribution >= 0.6 is 23.2 Å². The van der Waals surface area contributed by atoms with Crippen molar-refractivity contribution in [2.45, 2.75) is 16.3 Å². The number of hydrogen-bond donors (Lipinski definition) is 1. The highest BCUT2D eigenvalue weighted by Crippen LogP contribution is 2.21. The van der Waals surface area contributed by atoms with Crippen LogP contribution in [-0.4, -0.2) is 39.8 Å². The van der Waals surface area contributed by atoms with Gasteiger partial charge >= 0.3 is 0 Å². The van der Waals surface area contributed by atoms with Gasteiger partial charge in [-0.05, 0) is 24.3 Å². The molecule has 1 heterocycles. The van der Waals surface area contributed by atoms with Gasteiger partial charge in [-0.25, -0.2) is 21.6 Å². The van der Waals surface area contributed by atoms with Crippen LogP contribution in [0.1, 0.15) is 0 Å². The third-order valence-corrected chi connectivity index (χ3v) is 6.85. The first-order valence-electron chi connectivity index (χ1n) is 5.32. The molecule has 1 aliphatic heterocycles. The van der Waals surface area contributed by atoms with Gasteiger partial charge in [0.1, 0.15) is 0 Å². The van der Waals surface area contributed by atoms with Gasteiger partial charge in [0.05, 0.1) is 27.8 Å². The van der Waals surface area contributed by atoms with Crippen LogP contribution in [0, 0.1) is 0 Å². The molecule has 5 nitrogen and oxygen atoms in total. The first-order valence-corrected chi connectivity index (χ1v) is 9.44. The van der Waals surface area contributed by atoms with Crippen LogP contribution in [0.2, 0.25) is 5.02 Å². The summed E-state index contributed by atoms with van der Waals surface area (Å²) in [5, 5.41) is -0.343. The molecule has 9 heteroatoms. The maximum atomic E-state index is 12.0. The molecule has 2 rings (SSSR count). The number of rotatable bonds is 3. The highest BCUT2D eigenvalue weighted by Gasteiger charge is 2.38. The summed E-state index contributed by atoms with van der Waals surface area (Å²) in [5.74, 6) is -0.504. The Balaban J connectivity index is 2.21. The van der Waals surface area contributed by atoms with Crippen molar-refractivity contribution < 1.29 is 16.8 Å². The zero-order valence-electron chi connectivity index (χ0n) is 9.58. The van der Waals surface area contributed by atoms with E-state index in [0.29, 0.717) is 5.02 Å². The topological polar surface area (TPSA) is 80.3 Å². The molecule has 106 valence electrons. The fourth-order valence-corrected chi connectivity index (χ4v) is 5.93. The Hall–Kier alpha value is -0.340. The molecule has 1 aliphatic rings. The Kier molecular flexibility index (Phi) is 4.13. The third kappa shape index (κ3) is 3.61. The molecule has 1 N–H and O–H groups in total. The van der Waals surface area contributed by atoms with Crippen LogP contribution in [0.4, 0.5) is 0 Å². The van der Waals surface area contributed by atoms with E-state index in [4.69, 9.17) is 23.2 Å². The molecular weight excluding hydrogens is 333 g/mol. The lowest BCUT2D eigenvalue weighted by molar-refractivity contribution is 0.563. The van der Waals surface area contributed by atoms with Crippen LogP contribution < -0.4 is 4.72 Å². The van der Waals surface area contributed by atoms with Crippen molar-refractivity contribution in [3.05, 3.63) is 29.3 Å². The average molecular weight is 344 g/mol. The Morgan fingerprint density at radius 3 is 2.21 bits per heavy atom. The van der Waals surface area contributed by atoms with Crippen molar-refractivity contribution in [2.24, 2.45) is 0 Å². The largest absolute Gasteiger partial charge is 0.240 e. The summed E-state index contributed by atoms with van der Waals surface area (Å²) in [6, 6.07) is 4.76. The van der Waals surface area contributed by atoms with Gasteiger partial charge < -0.3 is 0 Å². The van der Waals surface area contributed by atoms with Gasteiger partial charge in [-0.3, -0.25) is 0 Å². The summed E-state index contributed by atoms with van der Waals surface area (Å²) in [5.41, 5.74) is 0. The summed E-state index contributed by atoms with van der Waals surface area (Å²) in [4.78, 5) is 0.0186. The predicted molar refractivity (Wildman–Crippen MR) is 73.9 cm³/mol. The molecule has 0 spiro atoms. The fourth-order valence-electron chi connectivity index (χ4n) is 1.79. The summed E-state index contributed by atoms with van der Waals surface area (Å²) < 4.78 is 49.2. The first kappa shape index (κ1) is 15.1. The zero-order valence-corrected chi connectivity index (χ0v) is 12.7. The predicted octanol–water partition coefficient (Wildman–Crippen LogP) is 1.02. The SMILES string of the molecule is O=S1(=O)C[C@@H](Cl)[C@H](NS(=O)(=O)c2ccc(Cl)cc2)C1. The molecule has 0 bridgehead atoms. The average Bonchev–Trinajstić information content (AvgIpc) is 2.51. The van der Waals surface area contributed by atoms with Gasteiger partial charge in [-0.1, -0.05) is 11.6 Å². The van der Waals surface area contributed by atoms with Crippen LogP contribution in [0.5, 0.6) is 0 Å². The zero-order chi connectivity index (χ0) is 14.3. The van der Waals surface area contributed by atoms with Gasteiger partial charge in [-0.2, -0.15) is 0 Å². The van der Waals surface area contributed by atoms with Gasteiger partial charge in [0, 0.05) is 5.02 Å². The first-order chi connectivity index (χ1) is 8.70. The lowest BCUT2D eigenvalue weighted by atomic mass is 10.3. The molecule has 0 amide bonds. The number of alkyl halides is 1. The second-order valence-corrected chi connectivity index (χ2v) is 9.14. The molecule has 1 aromatic rings. The van der Waals surface area contributed by atoms with E-state index in [1.807, 2.05) is 0 Å². The fraction of sp³-hybridized carbons (Fsp3) is 0.400. The molecule has 0 aromatic heterocycles. The molecular formula is C10H11Cl2NO4S2. The molecule has 2 atom stereocenters. The number of benzene rings is 1. The van der Waals surface area contributed by atoms with Gasteiger partial charge in [0.25, 0.3) is 0 Å². The molecule has 0 saturated carbocycles. The van der Waals surface area contributed by atoms with E-state index >= 15 is 0 Å². The molecule has 0 unspecified atom stereocenters. The van der Waals surface area contributed by atoms with Crippen molar-refractivity contribution in [2.75, 3.05) is 11.5 Å². The lowest BCUT2D eigenvalue weighted by Crippen LogP contribution is -2.40. The number of nitrogens with one attached hydrogen (secondary N) is 1. The van der Waals surface area contributed by atoms with E-state index in [-0.39, 0.29) is 16.4 Å². The summed E-state index contributed by atoms with van der Waals surface area (Å²) >= 11 is 11.5. The summed E-state index contributed by atoms with van der Waals surface area (Å²) in [6.07, 6.45) is 0. The highest BCUT2D eigenvalue weighted by molar-refractivity contribution is 7.92. The third-order valence-electron chi connectivity index (χ3n) is 2.71. The minimum atomic E-state index is -3.80. The van der Waals surface area contributed by atoms with Crippen LogP contribution in [0.15, 0.2) is 29.2 Å². The van der Waals surface area contributed by atoms with Crippen molar-refractivity contribution >= 4 is 43.1 Å². The number of halogens is 2. The van der Waals surface area contributed by atoms with Gasteiger partial charge in [0.2, 0.25) is 10.0 Å². The van der Waals surface area contributed by atoms with E-state index in [0.717, 1.165) is 0 Å². The van der Waals surface area contributed by atoms with Gasteiger partial charge in [-0.15, -0.1) is 11.6 Å². The van der Waals surface area contributed by atoms with Crippen molar-refractivity contribution in [1.82, 2.24) is 4.72 Å². The maximum absolute atomic E-state index is 12.0. The van der Waals surface area contributed by atoms with Crippen molar-refractivity contribution in [1.29, 1.82) is 0 Å². The number of sulfonamides is 1. The smallest absolute Gasteiger partial charge is 0.229 e. The minimum Gasteiger partial charge on any atom is -0.229 e. The molecule has 19 heavy (non-hydrogen) atoms. The Labute approximate surface area is 121 Å². The van der Waals surface area contributed by atoms with E-state index in [1.165, 1.54) is 24.3 Å². The second-order valence-electron chi connectivity index (χ2n) is 4.27. The monoisotopic (exact) mass is 343 g/mol. The molecule has 0 radical (unpaired) electrons. The number of hydrogen-bond acceptors (Lipinski definition) is 4. The molecule has 1 aromatic carbocycles. The standard InChI is InChI=1S/C10H11Cl2NO4S2/c11-7-1-3-8(4-2-7)19(16,17)13-10-6-18(14,15)5-9(10)12/h1-4,9-10,13H,5-6H2/t9-,10-/m1/s1. The second kappa shape index (κ2) is 5.21. The Morgan fingerprint density at radius 1 is 1.16 bits per heavy atom. The molecule has 1 fully saturated rings. The van der Waals surface area contributed by atoms with E-state index in [9.17, 15) is 16.8 Å². The normalized spacial score (nSPS) is 26.4. The minimum absolute atomic E-state index is 0.0186. The Bertz CT molecular complexity index is 670. The van der Waals surface area contributed by atoms with Crippen molar-refractivity contribution in [3.63, 3.8) is 0 Å². The van der Waals surface area contributed by atoms with E-state index < -0.39 is 31.3 Å². The summed E-state index contributed by atoms with van der Waals surface area (Å²) in [6.45, 7) is 0. The maximum Gasteiger partial charge on any atom is 0.240 e. The quantitative estimate of drug-likeness (QED) is 0.831. The lowest BCUT2D eigenvalue weighted by Gasteiger charge is -2.14. The summed E-state index contributed by atoms with van der Waals surface area (Å²) in [7, 11) is -7.09. The molecule has 0 aliphatic carbocycles. The van der Waals surface area contributed by atoms with E-state index in [2.05, 4.69) is 4.72 Å². The van der Waals surface area contributed by atoms with E-state index in [1.54, 1.807) is 0 Å². The van der Waals surface area contributed by atoms with Crippen LogP contribution in [0.25, 0.3) is 0 Å². The van der Waals surface area contributed by atoms with Crippen LogP contribution in [0.3, 0.4) is 0 Å². The highest BCUT2D eigenvalue weighted by atomic mass is 35.5. The number of sulfone groups is 1. The Morgan fingerprint density at radius 2 is 1.74 bits per heavy atom. The van der Waals surface area contributed by atoms with Gasteiger partial charge in [0.15, 0.2) is 9.84 Å². The molecule has 1 saturated heterocycles.